The van der Waals surface area contributed by atoms with Gasteiger partial charge in [-0.25, -0.2) is 13.2 Å². The van der Waals surface area contributed by atoms with Gasteiger partial charge in [0.2, 0.25) is 10.0 Å². The van der Waals surface area contributed by atoms with Gasteiger partial charge in [-0.3, -0.25) is 0 Å². The minimum absolute atomic E-state index is 0.00978. The van der Waals surface area contributed by atoms with Gasteiger partial charge < -0.3 is 9.84 Å². The normalized spacial score (nSPS) is 18.0. The predicted octanol–water partition coefficient (Wildman–Crippen LogP) is 1.99. The predicted molar refractivity (Wildman–Crippen MR) is 77.3 cm³/mol. The molecular weight excluding hydrogens is 351 g/mol. The number of sulfonamides is 1. The number of hydrogen-bond acceptors (Lipinski definition) is 4. The van der Waals surface area contributed by atoms with Crippen molar-refractivity contribution in [2.24, 2.45) is 0 Å². The molecule has 134 valence electrons. The van der Waals surface area contributed by atoms with E-state index in [2.05, 4.69) is 0 Å². The van der Waals surface area contributed by atoms with Crippen molar-refractivity contribution >= 4 is 16.0 Å². The van der Waals surface area contributed by atoms with Gasteiger partial charge in [0.1, 0.15) is 0 Å². The van der Waals surface area contributed by atoms with Crippen molar-refractivity contribution in [1.29, 1.82) is 0 Å². The highest BCUT2D eigenvalue weighted by molar-refractivity contribution is 7.89. The Morgan fingerprint density at radius 3 is 2.42 bits per heavy atom. The van der Waals surface area contributed by atoms with Crippen molar-refractivity contribution in [2.75, 3.05) is 20.2 Å². The van der Waals surface area contributed by atoms with E-state index in [4.69, 9.17) is 4.74 Å². The second kappa shape index (κ2) is 6.34. The molecule has 0 amide bonds. The van der Waals surface area contributed by atoms with E-state index in [0.29, 0.717) is 18.7 Å². The van der Waals surface area contributed by atoms with Gasteiger partial charge in [-0.2, -0.15) is 17.5 Å². The number of nitrogens with zero attached hydrogens (tertiary/aromatic N) is 1. The van der Waals surface area contributed by atoms with Gasteiger partial charge >= 0.3 is 12.1 Å². The Morgan fingerprint density at radius 2 is 2.00 bits per heavy atom. The number of likely N-dealkylation sites (N-methyl/N-ethyl adjacent to an activating group) is 1. The Bertz CT molecular complexity index is 756. The molecule has 1 saturated heterocycles. The Hall–Kier alpha value is -1.65. The molecule has 0 aliphatic carbocycles. The number of rotatable bonds is 6. The summed E-state index contributed by atoms with van der Waals surface area (Å²) >= 11 is 0. The third-order valence-corrected chi connectivity index (χ3v) is 5.56. The molecule has 0 saturated carbocycles. The van der Waals surface area contributed by atoms with E-state index in [0.717, 1.165) is 4.31 Å². The van der Waals surface area contributed by atoms with Crippen molar-refractivity contribution in [2.45, 2.75) is 30.5 Å². The van der Waals surface area contributed by atoms with Gasteiger partial charge in [-0.05, 0) is 24.1 Å². The van der Waals surface area contributed by atoms with Crippen LogP contribution in [0.5, 0.6) is 0 Å². The molecule has 6 nitrogen and oxygen atoms in total. The molecule has 1 aromatic carbocycles. The molecule has 1 atom stereocenters. The van der Waals surface area contributed by atoms with E-state index >= 15 is 0 Å². The van der Waals surface area contributed by atoms with E-state index in [1.807, 2.05) is 0 Å². The van der Waals surface area contributed by atoms with Gasteiger partial charge in [0, 0.05) is 13.6 Å². The fourth-order valence-electron chi connectivity index (χ4n) is 2.32. The zero-order chi connectivity index (χ0) is 18.3. The minimum Gasteiger partial charge on any atom is -0.478 e. The average molecular weight is 367 g/mol. The molecular formula is C14H16F3NO5S. The fourth-order valence-corrected chi connectivity index (χ4v) is 3.86. The number of halogens is 3. The Morgan fingerprint density at radius 1 is 1.42 bits per heavy atom. The summed E-state index contributed by atoms with van der Waals surface area (Å²) in [6.45, 7) is 1.85. The molecule has 2 rings (SSSR count). The lowest BCUT2D eigenvalue weighted by Gasteiger charge is -2.21. The number of aromatic carboxylic acids is 1. The second-order valence-corrected chi connectivity index (χ2v) is 7.41. The highest BCUT2D eigenvalue weighted by atomic mass is 32.2. The smallest absolute Gasteiger partial charge is 0.416 e. The van der Waals surface area contributed by atoms with Gasteiger partial charge in [0.05, 0.1) is 28.7 Å². The molecule has 1 aliphatic rings. The zero-order valence-electron chi connectivity index (χ0n) is 12.9. The van der Waals surface area contributed by atoms with Crippen LogP contribution >= 0.6 is 0 Å². The summed E-state index contributed by atoms with van der Waals surface area (Å²) in [6.07, 6.45) is -5.19. The van der Waals surface area contributed by atoms with E-state index in [9.17, 15) is 31.5 Å². The second-order valence-electron chi connectivity index (χ2n) is 5.40. The molecule has 1 heterocycles. The zero-order valence-corrected chi connectivity index (χ0v) is 13.7. The molecule has 0 spiro atoms. The van der Waals surface area contributed by atoms with Crippen LogP contribution in [-0.2, 0) is 27.4 Å². The van der Waals surface area contributed by atoms with E-state index in [-0.39, 0.29) is 24.6 Å². The Balaban J connectivity index is 2.65. The summed E-state index contributed by atoms with van der Waals surface area (Å²) in [5.74, 6) is -1.61. The van der Waals surface area contributed by atoms with Gasteiger partial charge in [-0.1, -0.05) is 6.92 Å². The highest BCUT2D eigenvalue weighted by Gasteiger charge is 2.37. The van der Waals surface area contributed by atoms with E-state index in [1.165, 1.54) is 14.0 Å². The van der Waals surface area contributed by atoms with Crippen LogP contribution in [0.15, 0.2) is 17.0 Å². The number of epoxide rings is 1. The molecule has 1 aromatic rings. The minimum atomic E-state index is -4.86. The van der Waals surface area contributed by atoms with Crippen LogP contribution in [0.1, 0.15) is 28.4 Å². The molecule has 10 heteroatoms. The number of ether oxygens (including phenoxy) is 1. The largest absolute Gasteiger partial charge is 0.478 e. The summed E-state index contributed by atoms with van der Waals surface area (Å²) in [4.78, 5) is 10.7. The summed E-state index contributed by atoms with van der Waals surface area (Å²) in [6, 6.07) is 0.953. The van der Waals surface area contributed by atoms with Crippen LogP contribution in [0, 0.1) is 0 Å². The summed E-state index contributed by atoms with van der Waals surface area (Å²) in [7, 11) is -3.07. The molecule has 0 bridgehead atoms. The lowest BCUT2D eigenvalue weighted by atomic mass is 10.0. The summed E-state index contributed by atoms with van der Waals surface area (Å²) < 4.78 is 70.2. The van der Waals surface area contributed by atoms with Crippen molar-refractivity contribution in [1.82, 2.24) is 4.31 Å². The summed E-state index contributed by atoms with van der Waals surface area (Å²) in [5.41, 5.74) is -2.13. The van der Waals surface area contributed by atoms with Crippen LogP contribution in [0.4, 0.5) is 13.2 Å². The van der Waals surface area contributed by atoms with Crippen molar-refractivity contribution in [3.8, 4) is 0 Å². The van der Waals surface area contributed by atoms with Crippen LogP contribution < -0.4 is 0 Å². The van der Waals surface area contributed by atoms with Crippen LogP contribution in [0.2, 0.25) is 0 Å². The number of benzene rings is 1. The topological polar surface area (TPSA) is 87.2 Å². The fraction of sp³-hybridized carbons (Fsp3) is 0.500. The first kappa shape index (κ1) is 18.7. The quantitative estimate of drug-likeness (QED) is 0.777. The number of alkyl halides is 3. The standard InChI is InChI=1S/C14H16F3NO5S/c1-3-10-11(13(19)20)4-8(14(15,16)17)5-12(10)24(21,22)18(2)6-9-7-23-9/h4-5,9H,3,6-7H2,1-2H3,(H,19,20). The number of hydrogen-bond donors (Lipinski definition) is 1. The Kier molecular flexibility index (Phi) is 4.93. The van der Waals surface area contributed by atoms with Gasteiger partial charge in [-0.15, -0.1) is 0 Å². The number of carboxylic acids is 1. The first-order chi connectivity index (χ1) is 11.0. The van der Waals surface area contributed by atoms with Crippen molar-refractivity contribution in [3.63, 3.8) is 0 Å². The molecule has 0 radical (unpaired) electrons. The Labute approximate surface area is 136 Å². The van der Waals surface area contributed by atoms with Crippen LogP contribution in [0.3, 0.4) is 0 Å². The first-order valence-electron chi connectivity index (χ1n) is 7.03. The van der Waals surface area contributed by atoms with Crippen LogP contribution in [0.25, 0.3) is 0 Å². The average Bonchev–Trinajstić information content (AvgIpc) is 3.28. The van der Waals surface area contributed by atoms with E-state index < -0.39 is 38.2 Å². The van der Waals surface area contributed by atoms with Gasteiger partial charge in [0.15, 0.2) is 0 Å². The third-order valence-electron chi connectivity index (χ3n) is 3.67. The molecule has 0 aromatic heterocycles. The first-order valence-corrected chi connectivity index (χ1v) is 8.47. The van der Waals surface area contributed by atoms with Crippen LogP contribution in [-0.4, -0.2) is 50.1 Å². The molecule has 1 N–H and O–H groups in total. The summed E-state index contributed by atoms with van der Waals surface area (Å²) in [5, 5.41) is 9.18. The number of carboxylic acid groups (broad SMARTS) is 1. The molecule has 1 fully saturated rings. The highest BCUT2D eigenvalue weighted by Crippen LogP contribution is 2.35. The lowest BCUT2D eigenvalue weighted by molar-refractivity contribution is -0.137. The third kappa shape index (κ3) is 3.70. The van der Waals surface area contributed by atoms with E-state index in [1.54, 1.807) is 0 Å². The maximum absolute atomic E-state index is 13.0. The SMILES string of the molecule is CCc1c(C(=O)O)cc(C(F)(F)F)cc1S(=O)(=O)N(C)CC1CO1. The van der Waals surface area contributed by atoms with Gasteiger partial charge in [0.25, 0.3) is 0 Å². The molecule has 1 unspecified atom stereocenters. The molecule has 1 aliphatic heterocycles. The van der Waals surface area contributed by atoms with Crippen molar-refractivity contribution < 1.29 is 36.2 Å². The van der Waals surface area contributed by atoms with Crippen molar-refractivity contribution in [3.05, 3.63) is 28.8 Å². The number of carbonyl (C=O) groups is 1. The maximum Gasteiger partial charge on any atom is 0.416 e. The maximum atomic E-state index is 13.0. The monoisotopic (exact) mass is 367 g/mol. The molecule has 24 heavy (non-hydrogen) atoms. The lowest BCUT2D eigenvalue weighted by Crippen LogP contribution is -2.32.